The number of hydrogen-bond donors (Lipinski definition) is 1. The topological polar surface area (TPSA) is 71.7 Å². The molecular formula is C16H26N4O2. The Labute approximate surface area is 132 Å². The number of nitrogens with two attached hydrogens (primary N) is 1. The minimum absolute atomic E-state index is 0.154. The van der Waals surface area contributed by atoms with E-state index in [2.05, 4.69) is 14.8 Å². The van der Waals surface area contributed by atoms with Crippen molar-refractivity contribution in [2.45, 2.75) is 32.9 Å². The highest BCUT2D eigenvalue weighted by molar-refractivity contribution is 5.72. The van der Waals surface area contributed by atoms with Crippen LogP contribution in [0, 0.1) is 0 Å². The highest BCUT2D eigenvalue weighted by atomic mass is 16.6. The second-order valence-electron chi connectivity index (χ2n) is 6.72. The van der Waals surface area contributed by atoms with Crippen LogP contribution in [0.1, 0.15) is 26.5 Å². The molecule has 122 valence electrons. The average molecular weight is 306 g/mol. The molecule has 0 saturated carbocycles. The first kappa shape index (κ1) is 16.7. The first-order valence-corrected chi connectivity index (χ1v) is 7.69. The highest BCUT2D eigenvalue weighted by Crippen LogP contribution is 2.11. The summed E-state index contributed by atoms with van der Waals surface area (Å²) in [5.41, 5.74) is 7.08. The van der Waals surface area contributed by atoms with E-state index in [1.165, 1.54) is 0 Å². The van der Waals surface area contributed by atoms with Crippen molar-refractivity contribution in [3.05, 3.63) is 24.0 Å². The quantitative estimate of drug-likeness (QED) is 0.841. The fourth-order valence-corrected chi connectivity index (χ4v) is 2.47. The number of nitrogen functional groups attached to an aromatic ring is 1. The number of carbonyl (C=O) groups excluding carboxylic acids is 1. The largest absolute Gasteiger partial charge is 0.459 e. The summed E-state index contributed by atoms with van der Waals surface area (Å²) in [6, 6.07) is 3.70. The maximum atomic E-state index is 11.8. The molecule has 1 aliphatic heterocycles. The van der Waals surface area contributed by atoms with Crippen LogP contribution in [-0.4, -0.2) is 59.1 Å². The van der Waals surface area contributed by atoms with Gasteiger partial charge in [0.15, 0.2) is 0 Å². The predicted octanol–water partition coefficient (Wildman–Crippen LogP) is 1.12. The SMILES string of the molecule is CC(C)(C)OC(=O)CN1CCN(Cc2cc(N)ccn2)CC1. The number of pyridine rings is 1. The van der Waals surface area contributed by atoms with Crippen LogP contribution in [0.4, 0.5) is 5.69 Å². The van der Waals surface area contributed by atoms with E-state index in [1.807, 2.05) is 26.8 Å². The van der Waals surface area contributed by atoms with Crippen LogP contribution in [0.25, 0.3) is 0 Å². The van der Waals surface area contributed by atoms with E-state index in [0.29, 0.717) is 6.54 Å². The van der Waals surface area contributed by atoms with Gasteiger partial charge in [-0.2, -0.15) is 0 Å². The van der Waals surface area contributed by atoms with Crippen LogP contribution < -0.4 is 5.73 Å². The van der Waals surface area contributed by atoms with Crippen molar-refractivity contribution >= 4 is 11.7 Å². The van der Waals surface area contributed by atoms with E-state index < -0.39 is 5.60 Å². The molecule has 2 heterocycles. The van der Waals surface area contributed by atoms with E-state index in [4.69, 9.17) is 10.5 Å². The van der Waals surface area contributed by atoms with Gasteiger partial charge in [0.25, 0.3) is 0 Å². The van der Waals surface area contributed by atoms with Crippen molar-refractivity contribution < 1.29 is 9.53 Å². The number of anilines is 1. The van der Waals surface area contributed by atoms with Gasteiger partial charge in [-0.25, -0.2) is 0 Å². The zero-order valence-corrected chi connectivity index (χ0v) is 13.7. The van der Waals surface area contributed by atoms with Crippen LogP contribution in [0.3, 0.4) is 0 Å². The summed E-state index contributed by atoms with van der Waals surface area (Å²) >= 11 is 0. The van der Waals surface area contributed by atoms with Gasteiger partial charge in [0, 0.05) is 44.6 Å². The van der Waals surface area contributed by atoms with Crippen LogP contribution in [-0.2, 0) is 16.1 Å². The van der Waals surface area contributed by atoms with Crippen LogP contribution >= 0.6 is 0 Å². The number of nitrogens with zero attached hydrogens (tertiary/aromatic N) is 3. The molecule has 2 rings (SSSR count). The molecule has 2 N–H and O–H groups in total. The molecule has 1 aliphatic rings. The second kappa shape index (κ2) is 7.07. The van der Waals surface area contributed by atoms with Gasteiger partial charge in [0.2, 0.25) is 0 Å². The van der Waals surface area contributed by atoms with Crippen molar-refractivity contribution in [2.24, 2.45) is 0 Å². The maximum absolute atomic E-state index is 11.8. The van der Waals surface area contributed by atoms with Crippen LogP contribution in [0.2, 0.25) is 0 Å². The summed E-state index contributed by atoms with van der Waals surface area (Å²) in [5, 5.41) is 0. The molecule has 1 saturated heterocycles. The third-order valence-corrected chi connectivity index (χ3v) is 3.46. The van der Waals surface area contributed by atoms with Crippen molar-refractivity contribution in [3.8, 4) is 0 Å². The van der Waals surface area contributed by atoms with Crippen LogP contribution in [0.15, 0.2) is 18.3 Å². The molecule has 1 aromatic heterocycles. The Hall–Kier alpha value is -1.66. The van der Waals surface area contributed by atoms with Crippen molar-refractivity contribution in [1.29, 1.82) is 0 Å². The summed E-state index contributed by atoms with van der Waals surface area (Å²) in [5.74, 6) is -0.154. The van der Waals surface area contributed by atoms with Gasteiger partial charge < -0.3 is 10.5 Å². The van der Waals surface area contributed by atoms with Crippen molar-refractivity contribution in [1.82, 2.24) is 14.8 Å². The standard InChI is InChI=1S/C16H26N4O2/c1-16(2,3)22-15(21)12-20-8-6-19(7-9-20)11-14-10-13(17)4-5-18-14/h4-5,10H,6-9,11-12H2,1-3H3,(H2,17,18). The molecule has 6 heteroatoms. The molecule has 1 aromatic rings. The van der Waals surface area contributed by atoms with E-state index in [0.717, 1.165) is 44.1 Å². The molecule has 6 nitrogen and oxygen atoms in total. The minimum atomic E-state index is -0.419. The Morgan fingerprint density at radius 3 is 2.50 bits per heavy atom. The van der Waals surface area contributed by atoms with Gasteiger partial charge in [0.05, 0.1) is 12.2 Å². The molecule has 0 amide bonds. The lowest BCUT2D eigenvalue weighted by Crippen LogP contribution is -2.48. The zero-order valence-electron chi connectivity index (χ0n) is 13.7. The lowest BCUT2D eigenvalue weighted by molar-refractivity contribution is -0.156. The number of hydrogen-bond acceptors (Lipinski definition) is 6. The van der Waals surface area contributed by atoms with E-state index in [1.54, 1.807) is 12.3 Å². The molecule has 0 radical (unpaired) electrons. The molecule has 0 aromatic carbocycles. The molecule has 0 atom stereocenters. The number of ether oxygens (including phenoxy) is 1. The van der Waals surface area contributed by atoms with Gasteiger partial charge in [-0.05, 0) is 32.9 Å². The Balaban J connectivity index is 1.75. The average Bonchev–Trinajstić information content (AvgIpc) is 2.39. The Morgan fingerprint density at radius 1 is 1.27 bits per heavy atom. The summed E-state index contributed by atoms with van der Waals surface area (Å²) < 4.78 is 5.36. The summed E-state index contributed by atoms with van der Waals surface area (Å²) in [6.45, 7) is 10.4. The van der Waals surface area contributed by atoms with E-state index >= 15 is 0 Å². The summed E-state index contributed by atoms with van der Waals surface area (Å²) in [6.07, 6.45) is 1.74. The Bertz CT molecular complexity index is 505. The van der Waals surface area contributed by atoms with Crippen molar-refractivity contribution in [2.75, 3.05) is 38.5 Å². The summed E-state index contributed by atoms with van der Waals surface area (Å²) in [4.78, 5) is 20.6. The first-order valence-electron chi connectivity index (χ1n) is 7.69. The predicted molar refractivity (Wildman–Crippen MR) is 86.2 cm³/mol. The summed E-state index contributed by atoms with van der Waals surface area (Å²) in [7, 11) is 0. The maximum Gasteiger partial charge on any atom is 0.320 e. The third-order valence-electron chi connectivity index (χ3n) is 3.46. The number of carbonyl (C=O) groups is 1. The number of rotatable bonds is 4. The van der Waals surface area contributed by atoms with Gasteiger partial charge >= 0.3 is 5.97 Å². The molecular weight excluding hydrogens is 280 g/mol. The first-order chi connectivity index (χ1) is 10.3. The number of aromatic nitrogens is 1. The minimum Gasteiger partial charge on any atom is -0.459 e. The molecule has 0 unspecified atom stereocenters. The Kier molecular flexibility index (Phi) is 5.37. The molecule has 0 spiro atoms. The smallest absolute Gasteiger partial charge is 0.320 e. The van der Waals surface area contributed by atoms with Gasteiger partial charge in [-0.1, -0.05) is 0 Å². The van der Waals surface area contributed by atoms with Gasteiger partial charge in [-0.15, -0.1) is 0 Å². The fourth-order valence-electron chi connectivity index (χ4n) is 2.47. The normalized spacial score (nSPS) is 17.4. The molecule has 0 aliphatic carbocycles. The second-order valence-corrected chi connectivity index (χ2v) is 6.72. The van der Waals surface area contributed by atoms with Gasteiger partial charge in [0.1, 0.15) is 5.60 Å². The Morgan fingerprint density at radius 2 is 1.91 bits per heavy atom. The lowest BCUT2D eigenvalue weighted by Gasteiger charge is -2.34. The van der Waals surface area contributed by atoms with E-state index in [-0.39, 0.29) is 5.97 Å². The molecule has 22 heavy (non-hydrogen) atoms. The lowest BCUT2D eigenvalue weighted by atomic mass is 10.2. The van der Waals surface area contributed by atoms with E-state index in [9.17, 15) is 4.79 Å². The fraction of sp³-hybridized carbons (Fsp3) is 0.625. The van der Waals surface area contributed by atoms with Gasteiger partial charge in [-0.3, -0.25) is 19.6 Å². The van der Waals surface area contributed by atoms with Crippen LogP contribution in [0.5, 0.6) is 0 Å². The molecule has 1 fully saturated rings. The number of piperazine rings is 1. The third kappa shape index (κ3) is 5.61. The van der Waals surface area contributed by atoms with Crippen molar-refractivity contribution in [3.63, 3.8) is 0 Å². The molecule has 0 bridgehead atoms. The zero-order chi connectivity index (χ0) is 16.2. The monoisotopic (exact) mass is 306 g/mol. The highest BCUT2D eigenvalue weighted by Gasteiger charge is 2.22. The number of esters is 1.